The van der Waals surface area contributed by atoms with Gasteiger partial charge in [-0.15, -0.1) is 0 Å². The monoisotopic (exact) mass is 287 g/mol. The summed E-state index contributed by atoms with van der Waals surface area (Å²) in [6, 6.07) is 0. The van der Waals surface area contributed by atoms with Crippen molar-refractivity contribution >= 4 is 0 Å². The van der Waals surface area contributed by atoms with E-state index in [9.17, 15) is 5.11 Å². The van der Waals surface area contributed by atoms with Crippen LogP contribution in [0.5, 0.6) is 0 Å². The van der Waals surface area contributed by atoms with Gasteiger partial charge in [-0.2, -0.15) is 0 Å². The van der Waals surface area contributed by atoms with Crippen LogP contribution in [0.2, 0.25) is 0 Å². The maximum absolute atomic E-state index is 9.62. The van der Waals surface area contributed by atoms with E-state index in [2.05, 4.69) is 26.1 Å². The molecule has 0 aliphatic rings. The SMILES string of the molecule is CCCCCCCOCCCC(CC)(CO)NCCC. The van der Waals surface area contributed by atoms with Crippen LogP contribution in [0, 0.1) is 0 Å². The Morgan fingerprint density at radius 2 is 1.60 bits per heavy atom. The van der Waals surface area contributed by atoms with Gasteiger partial charge in [-0.05, 0) is 38.6 Å². The van der Waals surface area contributed by atoms with Crippen LogP contribution in [-0.2, 0) is 4.74 Å². The summed E-state index contributed by atoms with van der Waals surface area (Å²) in [4.78, 5) is 0. The lowest BCUT2D eigenvalue weighted by molar-refractivity contribution is 0.101. The fourth-order valence-corrected chi connectivity index (χ4v) is 2.45. The number of hydrogen-bond acceptors (Lipinski definition) is 3. The minimum absolute atomic E-state index is 0.0967. The topological polar surface area (TPSA) is 41.5 Å². The summed E-state index contributed by atoms with van der Waals surface area (Å²) in [5, 5.41) is 13.1. The summed E-state index contributed by atoms with van der Waals surface area (Å²) in [6.45, 7) is 9.46. The molecule has 0 aliphatic heterocycles. The second-order valence-corrected chi connectivity index (χ2v) is 5.85. The molecule has 0 aliphatic carbocycles. The number of aliphatic hydroxyl groups is 1. The minimum Gasteiger partial charge on any atom is -0.394 e. The Kier molecular flexibility index (Phi) is 13.8. The summed E-state index contributed by atoms with van der Waals surface area (Å²) in [6.07, 6.45) is 10.6. The highest BCUT2D eigenvalue weighted by Gasteiger charge is 2.25. The third-order valence-electron chi connectivity index (χ3n) is 4.07. The molecule has 1 atom stereocenters. The van der Waals surface area contributed by atoms with E-state index in [4.69, 9.17) is 4.74 Å². The average molecular weight is 287 g/mol. The van der Waals surface area contributed by atoms with Gasteiger partial charge in [-0.3, -0.25) is 0 Å². The smallest absolute Gasteiger partial charge is 0.0613 e. The molecule has 0 spiro atoms. The third kappa shape index (κ3) is 9.73. The first-order valence-electron chi connectivity index (χ1n) is 8.68. The van der Waals surface area contributed by atoms with Crippen LogP contribution >= 0.6 is 0 Å². The number of ether oxygens (including phenoxy) is 1. The van der Waals surface area contributed by atoms with E-state index in [1.165, 1.54) is 32.1 Å². The van der Waals surface area contributed by atoms with E-state index in [-0.39, 0.29) is 12.1 Å². The average Bonchev–Trinajstić information content (AvgIpc) is 2.49. The molecule has 0 radical (unpaired) electrons. The first kappa shape index (κ1) is 19.9. The summed E-state index contributed by atoms with van der Waals surface area (Å²) < 4.78 is 5.69. The zero-order valence-corrected chi connectivity index (χ0v) is 14.0. The molecule has 0 amide bonds. The van der Waals surface area contributed by atoms with Gasteiger partial charge in [0.15, 0.2) is 0 Å². The molecule has 0 fully saturated rings. The van der Waals surface area contributed by atoms with Gasteiger partial charge < -0.3 is 15.2 Å². The van der Waals surface area contributed by atoms with E-state index < -0.39 is 0 Å². The Morgan fingerprint density at radius 1 is 0.900 bits per heavy atom. The predicted octanol–water partition coefficient (Wildman–Crippen LogP) is 3.89. The van der Waals surface area contributed by atoms with Crippen molar-refractivity contribution in [3.05, 3.63) is 0 Å². The molecule has 0 bridgehead atoms. The van der Waals surface area contributed by atoms with Crippen molar-refractivity contribution in [2.75, 3.05) is 26.4 Å². The highest BCUT2D eigenvalue weighted by Crippen LogP contribution is 2.17. The van der Waals surface area contributed by atoms with E-state index in [0.29, 0.717) is 0 Å². The second kappa shape index (κ2) is 13.8. The van der Waals surface area contributed by atoms with E-state index >= 15 is 0 Å². The lowest BCUT2D eigenvalue weighted by Crippen LogP contribution is -2.48. The van der Waals surface area contributed by atoms with Crippen molar-refractivity contribution in [1.29, 1.82) is 0 Å². The van der Waals surface area contributed by atoms with E-state index in [1.54, 1.807) is 0 Å². The van der Waals surface area contributed by atoms with Crippen molar-refractivity contribution in [3.8, 4) is 0 Å². The Morgan fingerprint density at radius 3 is 2.20 bits per heavy atom. The van der Waals surface area contributed by atoms with Crippen LogP contribution < -0.4 is 5.32 Å². The molecular weight excluding hydrogens is 250 g/mol. The highest BCUT2D eigenvalue weighted by atomic mass is 16.5. The zero-order valence-electron chi connectivity index (χ0n) is 14.0. The van der Waals surface area contributed by atoms with Crippen LogP contribution in [0.4, 0.5) is 0 Å². The molecule has 0 rings (SSSR count). The quantitative estimate of drug-likeness (QED) is 0.449. The molecule has 0 heterocycles. The van der Waals surface area contributed by atoms with Gasteiger partial charge in [-0.1, -0.05) is 46.5 Å². The van der Waals surface area contributed by atoms with E-state index in [0.717, 1.165) is 45.4 Å². The molecule has 0 aromatic carbocycles. The molecule has 122 valence electrons. The first-order chi connectivity index (χ1) is 9.74. The minimum atomic E-state index is -0.0967. The first-order valence-corrected chi connectivity index (χ1v) is 8.68. The second-order valence-electron chi connectivity index (χ2n) is 5.85. The number of rotatable bonds is 15. The van der Waals surface area contributed by atoms with E-state index in [1.807, 2.05) is 0 Å². The largest absolute Gasteiger partial charge is 0.394 e. The maximum atomic E-state index is 9.62. The summed E-state index contributed by atoms with van der Waals surface area (Å²) >= 11 is 0. The normalized spacial score (nSPS) is 14.4. The van der Waals surface area contributed by atoms with Crippen LogP contribution in [-0.4, -0.2) is 37.0 Å². The number of hydrogen-bond donors (Lipinski definition) is 2. The van der Waals surface area contributed by atoms with Crippen LogP contribution in [0.1, 0.15) is 78.6 Å². The third-order valence-corrected chi connectivity index (χ3v) is 4.07. The van der Waals surface area contributed by atoms with Crippen molar-refractivity contribution < 1.29 is 9.84 Å². The molecule has 0 saturated carbocycles. The summed E-state index contributed by atoms with van der Waals surface area (Å²) in [5.74, 6) is 0. The lowest BCUT2D eigenvalue weighted by atomic mass is 9.91. The fraction of sp³-hybridized carbons (Fsp3) is 1.00. The Hall–Kier alpha value is -0.120. The van der Waals surface area contributed by atoms with Crippen LogP contribution in [0.25, 0.3) is 0 Å². The number of aliphatic hydroxyl groups excluding tert-OH is 1. The molecule has 3 heteroatoms. The van der Waals surface area contributed by atoms with Crippen molar-refractivity contribution in [2.24, 2.45) is 0 Å². The predicted molar refractivity (Wildman–Crippen MR) is 87.2 cm³/mol. The number of unbranched alkanes of at least 4 members (excludes halogenated alkanes) is 4. The highest BCUT2D eigenvalue weighted by molar-refractivity contribution is 4.85. The van der Waals surface area contributed by atoms with Crippen molar-refractivity contribution in [1.82, 2.24) is 5.32 Å². The van der Waals surface area contributed by atoms with Gasteiger partial charge >= 0.3 is 0 Å². The molecule has 1 unspecified atom stereocenters. The Labute approximate surface area is 126 Å². The van der Waals surface area contributed by atoms with Gasteiger partial charge in [0.2, 0.25) is 0 Å². The summed E-state index contributed by atoms with van der Waals surface area (Å²) in [7, 11) is 0. The molecule has 2 N–H and O–H groups in total. The molecule has 0 saturated heterocycles. The number of nitrogens with one attached hydrogen (secondary N) is 1. The molecule has 3 nitrogen and oxygen atoms in total. The Balaban J connectivity index is 3.58. The van der Waals surface area contributed by atoms with Gasteiger partial charge in [0.25, 0.3) is 0 Å². The standard InChI is InChI=1S/C17H37NO2/c1-4-7-8-9-10-14-20-15-11-12-17(6-3,16-19)18-13-5-2/h18-19H,4-16H2,1-3H3. The molecule has 0 aromatic heterocycles. The molecular formula is C17H37NO2. The van der Waals surface area contributed by atoms with Crippen molar-refractivity contribution in [2.45, 2.75) is 84.1 Å². The molecule has 20 heavy (non-hydrogen) atoms. The van der Waals surface area contributed by atoms with Crippen LogP contribution in [0.3, 0.4) is 0 Å². The van der Waals surface area contributed by atoms with Gasteiger partial charge in [0.05, 0.1) is 6.61 Å². The zero-order chi connectivity index (χ0) is 15.1. The Bertz CT molecular complexity index is 193. The van der Waals surface area contributed by atoms with Gasteiger partial charge in [-0.25, -0.2) is 0 Å². The summed E-state index contributed by atoms with van der Waals surface area (Å²) in [5.41, 5.74) is -0.0967. The van der Waals surface area contributed by atoms with Crippen LogP contribution in [0.15, 0.2) is 0 Å². The van der Waals surface area contributed by atoms with Gasteiger partial charge in [0, 0.05) is 18.8 Å². The lowest BCUT2D eigenvalue weighted by Gasteiger charge is -2.32. The van der Waals surface area contributed by atoms with Crippen molar-refractivity contribution in [3.63, 3.8) is 0 Å². The molecule has 0 aromatic rings. The van der Waals surface area contributed by atoms with Gasteiger partial charge in [0.1, 0.15) is 0 Å². The fourth-order valence-electron chi connectivity index (χ4n) is 2.45. The maximum Gasteiger partial charge on any atom is 0.0613 e.